The second-order valence-electron chi connectivity index (χ2n) is 5.22. The van der Waals surface area contributed by atoms with Gasteiger partial charge in [0.15, 0.2) is 0 Å². The highest BCUT2D eigenvalue weighted by Crippen LogP contribution is 2.22. The summed E-state index contributed by atoms with van der Waals surface area (Å²) in [6, 6.07) is 16.9. The lowest BCUT2D eigenvalue weighted by molar-refractivity contribution is 0.476. The van der Waals surface area contributed by atoms with E-state index in [-0.39, 0.29) is 16.6 Å². The van der Waals surface area contributed by atoms with Gasteiger partial charge in [-0.05, 0) is 49.4 Å². The van der Waals surface area contributed by atoms with Gasteiger partial charge in [0, 0.05) is 11.6 Å². The van der Waals surface area contributed by atoms with Gasteiger partial charge in [0.25, 0.3) is 0 Å². The lowest BCUT2D eigenvalue weighted by Gasteiger charge is -2.08. The van der Waals surface area contributed by atoms with Crippen LogP contribution in [0.25, 0.3) is 11.3 Å². The number of aryl methyl sites for hydroxylation is 1. The average molecular weight is 343 g/mol. The van der Waals surface area contributed by atoms with Crippen LogP contribution in [0.2, 0.25) is 0 Å². The van der Waals surface area contributed by atoms with Crippen molar-refractivity contribution >= 4 is 10.1 Å². The molecule has 2 aromatic carbocycles. The highest BCUT2D eigenvalue weighted by atomic mass is 32.2. The molecule has 1 aromatic heterocycles. The fraction of sp³-hybridized carbons (Fsp3) is 0.0556. The van der Waals surface area contributed by atoms with Crippen LogP contribution in [0.3, 0.4) is 0 Å². The van der Waals surface area contributed by atoms with E-state index in [1.54, 1.807) is 36.4 Å². The van der Waals surface area contributed by atoms with Gasteiger partial charge >= 0.3 is 10.1 Å². The summed E-state index contributed by atoms with van der Waals surface area (Å²) in [6.45, 7) is 1.87. The van der Waals surface area contributed by atoms with Crippen molar-refractivity contribution in [2.24, 2.45) is 0 Å². The Kier molecular flexibility index (Phi) is 4.31. The summed E-state index contributed by atoms with van der Waals surface area (Å²) < 4.78 is 42.7. The lowest BCUT2D eigenvalue weighted by atomic mass is 10.1. The molecule has 0 spiro atoms. The second-order valence-corrected chi connectivity index (χ2v) is 6.76. The van der Waals surface area contributed by atoms with Crippen molar-refractivity contribution in [2.45, 2.75) is 11.8 Å². The number of halogens is 1. The van der Waals surface area contributed by atoms with E-state index in [2.05, 4.69) is 4.98 Å². The summed E-state index contributed by atoms with van der Waals surface area (Å²) in [5.41, 5.74) is 2.10. The lowest BCUT2D eigenvalue weighted by Crippen LogP contribution is -2.10. The van der Waals surface area contributed by atoms with Gasteiger partial charge in [-0.3, -0.25) is 0 Å². The molecule has 6 heteroatoms. The van der Waals surface area contributed by atoms with Gasteiger partial charge in [-0.2, -0.15) is 8.42 Å². The molecule has 0 bridgehead atoms. The third kappa shape index (κ3) is 3.60. The number of benzene rings is 2. The van der Waals surface area contributed by atoms with Crippen molar-refractivity contribution < 1.29 is 17.0 Å². The Morgan fingerprint density at radius 2 is 1.58 bits per heavy atom. The largest absolute Gasteiger partial charge is 0.358 e. The second kappa shape index (κ2) is 6.41. The monoisotopic (exact) mass is 343 g/mol. The van der Waals surface area contributed by atoms with Crippen molar-refractivity contribution in [2.75, 3.05) is 0 Å². The Labute approximate surface area is 139 Å². The Balaban J connectivity index is 1.89. The molecular formula is C18H14FNO3S. The van der Waals surface area contributed by atoms with E-state index in [0.29, 0.717) is 11.3 Å². The zero-order valence-corrected chi connectivity index (χ0v) is 13.6. The molecule has 0 N–H and O–H groups in total. The molecule has 24 heavy (non-hydrogen) atoms. The van der Waals surface area contributed by atoms with Crippen LogP contribution in [0.15, 0.2) is 71.6 Å². The number of aromatic nitrogens is 1. The summed E-state index contributed by atoms with van der Waals surface area (Å²) in [7, 11) is -3.96. The van der Waals surface area contributed by atoms with Crippen LogP contribution in [-0.2, 0) is 10.1 Å². The van der Waals surface area contributed by atoms with Crippen molar-refractivity contribution in [3.8, 4) is 17.1 Å². The fourth-order valence-electron chi connectivity index (χ4n) is 2.11. The van der Waals surface area contributed by atoms with Crippen LogP contribution in [0, 0.1) is 12.7 Å². The number of rotatable bonds is 4. The quantitative estimate of drug-likeness (QED) is 0.673. The standard InChI is InChI=1S/C18H14FNO3S/c1-13-5-11-16(12-6-13)24(21,22)23-18-4-2-3-17(20-18)14-7-9-15(19)10-8-14/h2-12H,1H3. The molecule has 0 amide bonds. The molecule has 3 aromatic rings. The van der Waals surface area contributed by atoms with Crippen molar-refractivity contribution in [1.82, 2.24) is 4.98 Å². The predicted octanol–water partition coefficient (Wildman–Crippen LogP) is 3.96. The zero-order valence-electron chi connectivity index (χ0n) is 12.8. The van der Waals surface area contributed by atoms with Crippen molar-refractivity contribution in [3.63, 3.8) is 0 Å². The molecular weight excluding hydrogens is 329 g/mol. The van der Waals surface area contributed by atoms with Crippen LogP contribution in [-0.4, -0.2) is 13.4 Å². The normalized spacial score (nSPS) is 11.2. The molecule has 122 valence electrons. The van der Waals surface area contributed by atoms with Crippen LogP contribution < -0.4 is 4.18 Å². The van der Waals surface area contributed by atoms with Gasteiger partial charge in [-0.15, -0.1) is 0 Å². The summed E-state index contributed by atoms with van der Waals surface area (Å²) in [4.78, 5) is 4.23. The van der Waals surface area contributed by atoms with Crippen LogP contribution in [0.1, 0.15) is 5.56 Å². The molecule has 3 rings (SSSR count). The maximum absolute atomic E-state index is 13.0. The van der Waals surface area contributed by atoms with Gasteiger partial charge < -0.3 is 4.18 Å². The molecule has 0 saturated heterocycles. The highest BCUT2D eigenvalue weighted by Gasteiger charge is 2.17. The van der Waals surface area contributed by atoms with E-state index in [9.17, 15) is 12.8 Å². The minimum absolute atomic E-state index is 0.0441. The van der Waals surface area contributed by atoms with E-state index in [1.165, 1.54) is 30.3 Å². The van der Waals surface area contributed by atoms with Crippen LogP contribution in [0.5, 0.6) is 5.88 Å². The molecule has 0 aliphatic rings. The van der Waals surface area contributed by atoms with E-state index < -0.39 is 10.1 Å². The molecule has 4 nitrogen and oxygen atoms in total. The molecule has 0 atom stereocenters. The van der Waals surface area contributed by atoms with Gasteiger partial charge in [0.05, 0.1) is 5.69 Å². The van der Waals surface area contributed by atoms with E-state index in [0.717, 1.165) is 5.56 Å². The fourth-order valence-corrected chi connectivity index (χ4v) is 2.99. The van der Waals surface area contributed by atoms with Gasteiger partial charge in [0.1, 0.15) is 10.7 Å². The summed E-state index contributed by atoms with van der Waals surface area (Å²) in [6.07, 6.45) is 0. The van der Waals surface area contributed by atoms with Crippen molar-refractivity contribution in [1.29, 1.82) is 0 Å². The molecule has 0 unspecified atom stereocenters. The average Bonchev–Trinajstić information content (AvgIpc) is 2.56. The molecule has 0 fully saturated rings. The molecule has 0 aliphatic heterocycles. The molecule has 0 radical (unpaired) electrons. The Bertz CT molecular complexity index is 952. The summed E-state index contributed by atoms with van der Waals surface area (Å²) in [5.74, 6) is -0.398. The number of pyridine rings is 1. The zero-order chi connectivity index (χ0) is 17.2. The Morgan fingerprint density at radius 1 is 0.917 bits per heavy atom. The minimum atomic E-state index is -3.96. The first-order valence-corrected chi connectivity index (χ1v) is 8.59. The topological polar surface area (TPSA) is 56.3 Å². The minimum Gasteiger partial charge on any atom is -0.358 e. The highest BCUT2D eigenvalue weighted by molar-refractivity contribution is 7.87. The van der Waals surface area contributed by atoms with E-state index in [1.807, 2.05) is 6.92 Å². The van der Waals surface area contributed by atoms with Crippen LogP contribution >= 0.6 is 0 Å². The SMILES string of the molecule is Cc1ccc(S(=O)(=O)Oc2cccc(-c3ccc(F)cc3)n2)cc1. The third-order valence-electron chi connectivity index (χ3n) is 3.37. The van der Waals surface area contributed by atoms with Gasteiger partial charge in [0.2, 0.25) is 5.88 Å². The first kappa shape index (κ1) is 16.1. The van der Waals surface area contributed by atoms with E-state index in [4.69, 9.17) is 4.18 Å². The van der Waals surface area contributed by atoms with Crippen LogP contribution in [0.4, 0.5) is 4.39 Å². The number of nitrogens with zero attached hydrogens (tertiary/aromatic N) is 1. The number of hydrogen-bond acceptors (Lipinski definition) is 4. The van der Waals surface area contributed by atoms with Gasteiger partial charge in [-0.1, -0.05) is 23.8 Å². The summed E-state index contributed by atoms with van der Waals surface area (Å²) >= 11 is 0. The maximum Gasteiger partial charge on any atom is 0.340 e. The Hall–Kier alpha value is -2.73. The first-order chi connectivity index (χ1) is 11.4. The number of hydrogen-bond donors (Lipinski definition) is 0. The predicted molar refractivity (Wildman–Crippen MR) is 88.6 cm³/mol. The maximum atomic E-state index is 13.0. The third-order valence-corrected chi connectivity index (χ3v) is 4.61. The Morgan fingerprint density at radius 3 is 2.25 bits per heavy atom. The molecule has 0 saturated carbocycles. The first-order valence-electron chi connectivity index (χ1n) is 7.18. The molecule has 1 heterocycles. The van der Waals surface area contributed by atoms with Crippen molar-refractivity contribution in [3.05, 3.63) is 78.1 Å². The molecule has 0 aliphatic carbocycles. The smallest absolute Gasteiger partial charge is 0.340 e. The van der Waals surface area contributed by atoms with Gasteiger partial charge in [-0.25, -0.2) is 9.37 Å². The summed E-state index contributed by atoms with van der Waals surface area (Å²) in [5, 5.41) is 0. The van der Waals surface area contributed by atoms with E-state index >= 15 is 0 Å².